The van der Waals surface area contributed by atoms with Crippen molar-refractivity contribution in [3.8, 4) is 5.75 Å². The zero-order valence-electron chi connectivity index (χ0n) is 13.2. The number of amides is 1. The molecule has 0 aliphatic heterocycles. The number of anilines is 1. The summed E-state index contributed by atoms with van der Waals surface area (Å²) in [5.74, 6) is -0.844. The average Bonchev–Trinajstić information content (AvgIpc) is 2.59. The smallest absolute Gasteiger partial charge is 0.359 e. The van der Waals surface area contributed by atoms with E-state index in [-0.39, 0.29) is 20.8 Å². The van der Waals surface area contributed by atoms with Crippen molar-refractivity contribution in [2.24, 2.45) is 0 Å². The number of methoxy groups -OCH3 is 1. The molecule has 0 saturated heterocycles. The Morgan fingerprint density at radius 1 is 1.20 bits per heavy atom. The van der Waals surface area contributed by atoms with Gasteiger partial charge >= 0.3 is 5.97 Å². The van der Waals surface area contributed by atoms with Gasteiger partial charge in [0.2, 0.25) is 0 Å². The van der Waals surface area contributed by atoms with Crippen LogP contribution < -0.4 is 10.1 Å². The van der Waals surface area contributed by atoms with Crippen molar-refractivity contribution >= 4 is 52.4 Å². The lowest BCUT2D eigenvalue weighted by molar-refractivity contribution is -0.123. The van der Waals surface area contributed by atoms with E-state index in [9.17, 15) is 9.59 Å². The lowest BCUT2D eigenvalue weighted by Crippen LogP contribution is -2.30. The Morgan fingerprint density at radius 2 is 1.92 bits per heavy atom. The summed E-state index contributed by atoms with van der Waals surface area (Å²) >= 11 is 17.5. The summed E-state index contributed by atoms with van der Waals surface area (Å²) < 4.78 is 10.1. The molecular weight excluding hydrogens is 391 g/mol. The number of rotatable bonds is 5. The topological polar surface area (TPSA) is 77.5 Å². The first-order chi connectivity index (χ1) is 11.8. The lowest BCUT2D eigenvalue weighted by atomic mass is 10.2. The summed E-state index contributed by atoms with van der Waals surface area (Å²) in [6.45, 7) is 1.42. The maximum Gasteiger partial charge on any atom is 0.359 e. The summed E-state index contributed by atoms with van der Waals surface area (Å²) in [5.41, 5.74) is 0.273. The van der Waals surface area contributed by atoms with E-state index in [1.807, 2.05) is 0 Å². The number of ether oxygens (including phenoxy) is 2. The van der Waals surface area contributed by atoms with Crippen molar-refractivity contribution < 1.29 is 19.1 Å². The molecule has 1 amide bonds. The summed E-state index contributed by atoms with van der Waals surface area (Å²) in [4.78, 5) is 28.1. The van der Waals surface area contributed by atoms with Gasteiger partial charge < -0.3 is 14.8 Å². The van der Waals surface area contributed by atoms with Gasteiger partial charge in [0.05, 0.1) is 22.2 Å². The van der Waals surface area contributed by atoms with Gasteiger partial charge in [-0.05, 0) is 19.1 Å². The number of pyridine rings is 1. The second-order valence-electron chi connectivity index (χ2n) is 4.85. The molecule has 2 aromatic rings. The number of nitrogens with one attached hydrogen (secondary N) is 1. The minimum absolute atomic E-state index is 0.0150. The van der Waals surface area contributed by atoms with Gasteiger partial charge in [0.15, 0.2) is 11.8 Å². The summed E-state index contributed by atoms with van der Waals surface area (Å²) in [6.07, 6.45) is 0.0823. The highest BCUT2D eigenvalue weighted by molar-refractivity contribution is 6.48. The molecular formula is C16H13Cl3N2O4. The largest absolute Gasteiger partial charge is 0.497 e. The first kappa shape index (κ1) is 19.3. The van der Waals surface area contributed by atoms with Crippen molar-refractivity contribution in [3.63, 3.8) is 0 Å². The van der Waals surface area contributed by atoms with Gasteiger partial charge in [0, 0.05) is 18.0 Å². The quantitative estimate of drug-likeness (QED) is 0.756. The molecule has 132 valence electrons. The molecule has 1 aromatic heterocycles. The normalized spacial score (nSPS) is 11.6. The Kier molecular flexibility index (Phi) is 6.47. The SMILES string of the molecule is COc1cccc(NC(=O)[C@H](C)OC(=O)c2ncc(Cl)c(Cl)c2Cl)c1. The number of halogens is 3. The van der Waals surface area contributed by atoms with Crippen LogP contribution in [0.5, 0.6) is 5.75 Å². The fourth-order valence-electron chi connectivity index (χ4n) is 1.80. The lowest BCUT2D eigenvalue weighted by Gasteiger charge is -2.14. The van der Waals surface area contributed by atoms with E-state index in [2.05, 4.69) is 10.3 Å². The molecule has 1 heterocycles. The van der Waals surface area contributed by atoms with Gasteiger partial charge in [-0.25, -0.2) is 9.78 Å². The molecule has 9 heteroatoms. The Bertz CT molecular complexity index is 814. The highest BCUT2D eigenvalue weighted by Crippen LogP contribution is 2.31. The third-order valence-electron chi connectivity index (χ3n) is 3.10. The highest BCUT2D eigenvalue weighted by Gasteiger charge is 2.23. The highest BCUT2D eigenvalue weighted by atomic mass is 35.5. The van der Waals surface area contributed by atoms with Crippen molar-refractivity contribution in [2.45, 2.75) is 13.0 Å². The maximum atomic E-state index is 12.2. The van der Waals surface area contributed by atoms with Crippen LogP contribution in [-0.2, 0) is 9.53 Å². The molecule has 0 spiro atoms. The van der Waals surface area contributed by atoms with Gasteiger partial charge in [-0.3, -0.25) is 4.79 Å². The second kappa shape index (κ2) is 8.38. The van der Waals surface area contributed by atoms with Gasteiger partial charge in [0.25, 0.3) is 5.91 Å². The van der Waals surface area contributed by atoms with Crippen molar-refractivity contribution in [1.82, 2.24) is 4.98 Å². The van der Waals surface area contributed by atoms with E-state index in [0.29, 0.717) is 11.4 Å². The van der Waals surface area contributed by atoms with E-state index < -0.39 is 18.0 Å². The van der Waals surface area contributed by atoms with Gasteiger partial charge in [0.1, 0.15) is 5.75 Å². The van der Waals surface area contributed by atoms with Crippen LogP contribution in [0.3, 0.4) is 0 Å². The number of hydrogen-bond acceptors (Lipinski definition) is 5. The average molecular weight is 404 g/mol. The first-order valence-electron chi connectivity index (χ1n) is 6.99. The molecule has 6 nitrogen and oxygen atoms in total. The molecule has 1 atom stereocenters. The monoisotopic (exact) mass is 402 g/mol. The molecule has 1 aromatic carbocycles. The molecule has 0 unspecified atom stereocenters. The molecule has 25 heavy (non-hydrogen) atoms. The van der Waals surface area contributed by atoms with Gasteiger partial charge in [-0.2, -0.15) is 0 Å². The number of nitrogens with zero attached hydrogens (tertiary/aromatic N) is 1. The number of hydrogen-bond donors (Lipinski definition) is 1. The van der Waals surface area contributed by atoms with Crippen LogP contribution in [0.25, 0.3) is 0 Å². The summed E-state index contributed by atoms with van der Waals surface area (Å²) in [6, 6.07) is 6.75. The van der Waals surface area contributed by atoms with Gasteiger partial charge in [-0.1, -0.05) is 40.9 Å². The zero-order valence-corrected chi connectivity index (χ0v) is 15.4. The standard InChI is InChI=1S/C16H13Cl3N2O4/c1-8(15(22)21-9-4-3-5-10(6-9)24-2)25-16(23)14-13(19)12(18)11(17)7-20-14/h3-8H,1-2H3,(H,21,22)/t8-/m0/s1. The minimum atomic E-state index is -1.09. The van der Waals surface area contributed by atoms with Crippen LogP contribution in [0.1, 0.15) is 17.4 Å². The number of carbonyl (C=O) groups excluding carboxylic acids is 2. The van der Waals surface area contributed by atoms with Crippen LogP contribution in [0, 0.1) is 0 Å². The predicted octanol–water partition coefficient (Wildman–Crippen LogP) is 4.23. The van der Waals surface area contributed by atoms with Crippen LogP contribution in [0.2, 0.25) is 15.1 Å². The van der Waals surface area contributed by atoms with Crippen LogP contribution >= 0.6 is 34.8 Å². The third kappa shape index (κ3) is 4.75. The zero-order chi connectivity index (χ0) is 18.6. The minimum Gasteiger partial charge on any atom is -0.497 e. The van der Waals surface area contributed by atoms with Crippen molar-refractivity contribution in [2.75, 3.05) is 12.4 Å². The third-order valence-corrected chi connectivity index (χ3v) is 4.34. The fourth-order valence-corrected chi connectivity index (χ4v) is 2.36. The Hall–Kier alpha value is -2.02. The number of carbonyl (C=O) groups is 2. The summed E-state index contributed by atoms with van der Waals surface area (Å²) in [7, 11) is 1.51. The maximum absolute atomic E-state index is 12.2. The number of benzene rings is 1. The van der Waals surface area contributed by atoms with Gasteiger partial charge in [-0.15, -0.1) is 0 Å². The molecule has 0 bridgehead atoms. The van der Waals surface area contributed by atoms with E-state index in [1.165, 1.54) is 20.2 Å². The van der Waals surface area contributed by atoms with Crippen LogP contribution in [-0.4, -0.2) is 30.1 Å². The molecule has 0 aliphatic carbocycles. The van der Waals surface area contributed by atoms with Crippen LogP contribution in [0.15, 0.2) is 30.5 Å². The van der Waals surface area contributed by atoms with E-state index in [4.69, 9.17) is 44.3 Å². The summed E-state index contributed by atoms with van der Waals surface area (Å²) in [5, 5.41) is 2.56. The van der Waals surface area contributed by atoms with Crippen LogP contribution in [0.4, 0.5) is 5.69 Å². The Balaban J connectivity index is 2.05. The Morgan fingerprint density at radius 3 is 2.60 bits per heavy atom. The molecule has 2 rings (SSSR count). The predicted molar refractivity (Wildman–Crippen MR) is 95.8 cm³/mol. The van der Waals surface area contributed by atoms with E-state index >= 15 is 0 Å². The van der Waals surface area contributed by atoms with Crippen molar-refractivity contribution in [1.29, 1.82) is 0 Å². The molecule has 0 fully saturated rings. The van der Waals surface area contributed by atoms with E-state index in [1.54, 1.807) is 24.3 Å². The number of esters is 1. The molecule has 0 aliphatic rings. The molecule has 1 N–H and O–H groups in total. The fraction of sp³-hybridized carbons (Fsp3) is 0.188. The second-order valence-corrected chi connectivity index (χ2v) is 6.01. The van der Waals surface area contributed by atoms with Crippen molar-refractivity contribution in [3.05, 3.63) is 51.2 Å². The molecule has 0 radical (unpaired) electrons. The number of aromatic nitrogens is 1. The van der Waals surface area contributed by atoms with E-state index in [0.717, 1.165) is 0 Å². The molecule has 0 saturated carbocycles. The Labute approximate surface area is 159 Å². The first-order valence-corrected chi connectivity index (χ1v) is 8.12.